The number of hydrogen-bond donors (Lipinski definition) is 2. The first-order valence-corrected chi connectivity index (χ1v) is 5.43. The second-order valence-electron chi connectivity index (χ2n) is 3.82. The molecule has 0 spiro atoms. The summed E-state index contributed by atoms with van der Waals surface area (Å²) in [4.78, 5) is 15.5. The SMILES string of the molecule is CN=C1NC(=O)/C(=C/c2ccc3c(c2)OCO3)N1. The summed E-state index contributed by atoms with van der Waals surface area (Å²) < 4.78 is 10.5. The third-order valence-corrected chi connectivity index (χ3v) is 2.66. The minimum atomic E-state index is -0.201. The predicted octanol–water partition coefficient (Wildman–Crippen LogP) is 0.461. The summed E-state index contributed by atoms with van der Waals surface area (Å²) in [6.07, 6.45) is 1.73. The van der Waals surface area contributed by atoms with Gasteiger partial charge < -0.3 is 14.8 Å². The molecule has 1 saturated heterocycles. The van der Waals surface area contributed by atoms with Crippen molar-refractivity contribution in [2.75, 3.05) is 13.8 Å². The van der Waals surface area contributed by atoms with Gasteiger partial charge in [0.1, 0.15) is 5.70 Å². The van der Waals surface area contributed by atoms with Crippen molar-refractivity contribution >= 4 is 17.9 Å². The molecule has 92 valence electrons. The van der Waals surface area contributed by atoms with Crippen LogP contribution in [0.3, 0.4) is 0 Å². The van der Waals surface area contributed by atoms with Crippen LogP contribution in [0.15, 0.2) is 28.9 Å². The zero-order chi connectivity index (χ0) is 12.5. The molecule has 1 aromatic rings. The summed E-state index contributed by atoms with van der Waals surface area (Å²) in [6, 6.07) is 5.50. The van der Waals surface area contributed by atoms with Crippen LogP contribution in [0, 0.1) is 0 Å². The van der Waals surface area contributed by atoms with Crippen LogP contribution in [0.2, 0.25) is 0 Å². The first kappa shape index (κ1) is 10.6. The van der Waals surface area contributed by atoms with Gasteiger partial charge in [-0.25, -0.2) is 0 Å². The number of guanidine groups is 1. The monoisotopic (exact) mass is 245 g/mol. The Labute approximate surface area is 103 Å². The Morgan fingerprint density at radius 1 is 1.28 bits per heavy atom. The molecule has 0 aliphatic carbocycles. The highest BCUT2D eigenvalue weighted by atomic mass is 16.7. The Bertz CT molecular complexity index is 578. The summed E-state index contributed by atoms with van der Waals surface area (Å²) in [6.45, 7) is 0.237. The van der Waals surface area contributed by atoms with Crippen molar-refractivity contribution in [2.45, 2.75) is 0 Å². The molecular formula is C12H11N3O3. The van der Waals surface area contributed by atoms with Crippen molar-refractivity contribution in [3.05, 3.63) is 29.5 Å². The van der Waals surface area contributed by atoms with Gasteiger partial charge in [0.05, 0.1) is 0 Å². The first-order chi connectivity index (χ1) is 8.76. The fraction of sp³-hybridized carbons (Fsp3) is 0.167. The Morgan fingerprint density at radius 2 is 2.11 bits per heavy atom. The second-order valence-corrected chi connectivity index (χ2v) is 3.82. The Hall–Kier alpha value is -2.50. The van der Waals surface area contributed by atoms with Gasteiger partial charge in [-0.3, -0.25) is 15.1 Å². The van der Waals surface area contributed by atoms with Gasteiger partial charge >= 0.3 is 0 Å². The molecule has 2 aliphatic heterocycles. The molecule has 3 rings (SSSR count). The van der Waals surface area contributed by atoms with E-state index in [2.05, 4.69) is 15.6 Å². The zero-order valence-corrected chi connectivity index (χ0v) is 9.69. The number of ether oxygens (including phenoxy) is 2. The molecule has 0 bridgehead atoms. The average Bonchev–Trinajstić information content (AvgIpc) is 2.96. The molecular weight excluding hydrogens is 234 g/mol. The number of rotatable bonds is 1. The van der Waals surface area contributed by atoms with Crippen LogP contribution in [-0.2, 0) is 4.79 Å². The van der Waals surface area contributed by atoms with Gasteiger partial charge in [0.15, 0.2) is 11.5 Å². The maximum atomic E-state index is 11.6. The molecule has 0 aromatic heterocycles. The zero-order valence-electron chi connectivity index (χ0n) is 9.69. The van der Waals surface area contributed by atoms with Gasteiger partial charge in [-0.15, -0.1) is 0 Å². The number of nitrogens with one attached hydrogen (secondary N) is 2. The van der Waals surface area contributed by atoms with Gasteiger partial charge in [0.2, 0.25) is 12.8 Å². The van der Waals surface area contributed by atoms with Crippen LogP contribution >= 0.6 is 0 Å². The first-order valence-electron chi connectivity index (χ1n) is 5.43. The third-order valence-electron chi connectivity index (χ3n) is 2.66. The standard InChI is InChI=1S/C12H11N3O3/c1-13-12-14-8(11(16)15-12)4-7-2-3-9-10(5-7)18-6-17-9/h2-5H,6H2,1H3,(H2,13,14,15,16)/b8-4-. The van der Waals surface area contributed by atoms with E-state index in [9.17, 15) is 4.79 Å². The van der Waals surface area contributed by atoms with Crippen LogP contribution in [0.4, 0.5) is 0 Å². The van der Waals surface area contributed by atoms with E-state index in [4.69, 9.17) is 9.47 Å². The van der Waals surface area contributed by atoms with Crippen molar-refractivity contribution in [1.82, 2.24) is 10.6 Å². The molecule has 1 aromatic carbocycles. The van der Waals surface area contributed by atoms with E-state index < -0.39 is 0 Å². The van der Waals surface area contributed by atoms with Crippen molar-refractivity contribution in [3.63, 3.8) is 0 Å². The minimum Gasteiger partial charge on any atom is -0.454 e. The highest BCUT2D eigenvalue weighted by molar-refractivity contribution is 6.15. The highest BCUT2D eigenvalue weighted by Gasteiger charge is 2.21. The lowest BCUT2D eigenvalue weighted by Crippen LogP contribution is -2.24. The van der Waals surface area contributed by atoms with Crippen molar-refractivity contribution < 1.29 is 14.3 Å². The molecule has 1 amide bonds. The molecule has 0 atom stereocenters. The molecule has 0 unspecified atom stereocenters. The average molecular weight is 245 g/mol. The summed E-state index contributed by atoms with van der Waals surface area (Å²) in [5.41, 5.74) is 1.31. The van der Waals surface area contributed by atoms with E-state index in [0.717, 1.165) is 11.3 Å². The van der Waals surface area contributed by atoms with Crippen molar-refractivity contribution in [3.8, 4) is 11.5 Å². The van der Waals surface area contributed by atoms with Crippen molar-refractivity contribution in [1.29, 1.82) is 0 Å². The van der Waals surface area contributed by atoms with Crippen LogP contribution in [0.1, 0.15) is 5.56 Å². The largest absolute Gasteiger partial charge is 0.454 e. The lowest BCUT2D eigenvalue weighted by atomic mass is 10.1. The van der Waals surface area contributed by atoms with Gasteiger partial charge in [-0.2, -0.15) is 0 Å². The fourth-order valence-corrected chi connectivity index (χ4v) is 1.77. The topological polar surface area (TPSA) is 72.0 Å². The number of hydrogen-bond acceptors (Lipinski definition) is 4. The molecule has 2 heterocycles. The lowest BCUT2D eigenvalue weighted by molar-refractivity contribution is -0.115. The Balaban J connectivity index is 1.90. The van der Waals surface area contributed by atoms with Crippen LogP contribution in [0.5, 0.6) is 11.5 Å². The quantitative estimate of drug-likeness (QED) is 0.705. The van der Waals surface area contributed by atoms with Gasteiger partial charge in [0, 0.05) is 7.05 Å². The van der Waals surface area contributed by atoms with E-state index in [-0.39, 0.29) is 12.7 Å². The molecule has 18 heavy (non-hydrogen) atoms. The van der Waals surface area contributed by atoms with E-state index in [1.54, 1.807) is 13.1 Å². The van der Waals surface area contributed by atoms with Crippen LogP contribution < -0.4 is 20.1 Å². The van der Waals surface area contributed by atoms with E-state index in [1.807, 2.05) is 18.2 Å². The number of nitrogens with zero attached hydrogens (tertiary/aromatic N) is 1. The highest BCUT2D eigenvalue weighted by Crippen LogP contribution is 2.33. The molecule has 2 N–H and O–H groups in total. The molecule has 0 saturated carbocycles. The van der Waals surface area contributed by atoms with Gasteiger partial charge in [0.25, 0.3) is 5.91 Å². The summed E-state index contributed by atoms with van der Waals surface area (Å²) in [5.74, 6) is 1.66. The number of carbonyl (C=O) groups is 1. The number of fused-ring (bicyclic) bond motifs is 1. The number of amides is 1. The van der Waals surface area contributed by atoms with Crippen LogP contribution in [-0.4, -0.2) is 25.7 Å². The number of aliphatic imine (C=N–C) groups is 1. The van der Waals surface area contributed by atoms with Crippen molar-refractivity contribution in [2.24, 2.45) is 4.99 Å². The summed E-state index contributed by atoms with van der Waals surface area (Å²) in [7, 11) is 1.60. The maximum Gasteiger partial charge on any atom is 0.274 e. The van der Waals surface area contributed by atoms with Gasteiger partial charge in [-0.05, 0) is 23.8 Å². The maximum absolute atomic E-state index is 11.6. The fourth-order valence-electron chi connectivity index (χ4n) is 1.77. The molecule has 0 radical (unpaired) electrons. The third kappa shape index (κ3) is 1.77. The minimum absolute atomic E-state index is 0.201. The normalized spacial score (nSPS) is 21.3. The summed E-state index contributed by atoms with van der Waals surface area (Å²) >= 11 is 0. The second kappa shape index (κ2) is 4.06. The van der Waals surface area contributed by atoms with Gasteiger partial charge in [-0.1, -0.05) is 6.07 Å². The molecule has 2 aliphatic rings. The van der Waals surface area contributed by atoms with Crippen LogP contribution in [0.25, 0.3) is 6.08 Å². The predicted molar refractivity (Wildman–Crippen MR) is 65.2 cm³/mol. The Morgan fingerprint density at radius 3 is 2.89 bits per heavy atom. The van der Waals surface area contributed by atoms with E-state index >= 15 is 0 Å². The lowest BCUT2D eigenvalue weighted by Gasteiger charge is -1.99. The number of carbonyl (C=O) groups excluding carboxylic acids is 1. The van der Waals surface area contributed by atoms with E-state index in [1.165, 1.54) is 0 Å². The Kier molecular flexibility index (Phi) is 2.40. The number of benzene rings is 1. The smallest absolute Gasteiger partial charge is 0.274 e. The molecule has 6 heteroatoms. The molecule has 6 nitrogen and oxygen atoms in total. The van der Waals surface area contributed by atoms with E-state index in [0.29, 0.717) is 17.4 Å². The summed E-state index contributed by atoms with van der Waals surface area (Å²) in [5, 5.41) is 5.49. The molecule has 1 fully saturated rings.